The molecule has 1 aliphatic rings. The summed E-state index contributed by atoms with van der Waals surface area (Å²) in [5, 5.41) is 3.79. The van der Waals surface area contributed by atoms with Gasteiger partial charge in [0.25, 0.3) is 5.91 Å². The number of amides is 3. The molecule has 3 aromatic carbocycles. The van der Waals surface area contributed by atoms with Crippen molar-refractivity contribution in [2.45, 2.75) is 6.61 Å². The predicted octanol–water partition coefficient (Wildman–Crippen LogP) is 6.43. The maximum Gasteiger partial charge on any atom is 0.333 e. The fraction of sp³-hybridized carbons (Fsp3) is 0.0435. The lowest BCUT2D eigenvalue weighted by atomic mass is 10.1. The fourth-order valence-electron chi connectivity index (χ4n) is 3.02. The molecule has 5 nitrogen and oxygen atoms in total. The molecule has 0 radical (unpaired) electrons. The molecule has 1 saturated heterocycles. The van der Waals surface area contributed by atoms with Crippen LogP contribution in [-0.2, 0) is 11.4 Å². The van der Waals surface area contributed by atoms with E-state index >= 15 is 0 Å². The Morgan fingerprint density at radius 2 is 1.58 bits per heavy atom. The summed E-state index contributed by atoms with van der Waals surface area (Å²) in [7, 11) is 0. The van der Waals surface area contributed by atoms with Crippen LogP contribution in [-0.4, -0.2) is 11.9 Å². The van der Waals surface area contributed by atoms with Crippen LogP contribution in [0.2, 0.25) is 10.0 Å². The number of hydrogen-bond donors (Lipinski definition) is 1. The van der Waals surface area contributed by atoms with E-state index in [1.807, 2.05) is 24.3 Å². The number of halogens is 3. The van der Waals surface area contributed by atoms with Gasteiger partial charge in [0.15, 0.2) is 0 Å². The lowest BCUT2D eigenvalue weighted by Gasteiger charge is -2.12. The molecule has 8 heteroatoms. The molecular formula is C23H15BrCl2N2O3. The molecular weight excluding hydrogens is 503 g/mol. The summed E-state index contributed by atoms with van der Waals surface area (Å²) >= 11 is 15.3. The average Bonchev–Trinajstić information content (AvgIpc) is 3.02. The van der Waals surface area contributed by atoms with Gasteiger partial charge in [-0.2, -0.15) is 0 Å². The zero-order valence-corrected chi connectivity index (χ0v) is 19.0. The van der Waals surface area contributed by atoms with Crippen molar-refractivity contribution in [1.82, 2.24) is 5.32 Å². The molecule has 0 atom stereocenters. The summed E-state index contributed by atoms with van der Waals surface area (Å²) in [4.78, 5) is 26.4. The number of imide groups is 1. The van der Waals surface area contributed by atoms with Crippen molar-refractivity contribution in [2.24, 2.45) is 0 Å². The number of nitrogens with one attached hydrogen (secondary N) is 1. The van der Waals surface area contributed by atoms with Crippen LogP contribution < -0.4 is 15.0 Å². The molecule has 156 valence electrons. The Kier molecular flexibility index (Phi) is 6.32. The molecule has 1 aliphatic heterocycles. The maximum absolute atomic E-state index is 12.9. The van der Waals surface area contributed by atoms with Crippen molar-refractivity contribution in [3.8, 4) is 5.75 Å². The van der Waals surface area contributed by atoms with Gasteiger partial charge in [0.05, 0.1) is 5.69 Å². The fourth-order valence-corrected chi connectivity index (χ4v) is 3.65. The first kappa shape index (κ1) is 21.4. The molecule has 0 aliphatic carbocycles. The predicted molar refractivity (Wildman–Crippen MR) is 125 cm³/mol. The second-order valence-corrected chi connectivity index (χ2v) is 8.49. The maximum atomic E-state index is 12.9. The number of hydrogen-bond acceptors (Lipinski definition) is 3. The van der Waals surface area contributed by atoms with Crippen molar-refractivity contribution in [1.29, 1.82) is 0 Å². The highest BCUT2D eigenvalue weighted by Gasteiger charge is 2.35. The van der Waals surface area contributed by atoms with Crippen LogP contribution in [0, 0.1) is 0 Å². The Morgan fingerprint density at radius 3 is 2.26 bits per heavy atom. The van der Waals surface area contributed by atoms with E-state index < -0.39 is 11.9 Å². The van der Waals surface area contributed by atoms with E-state index in [0.717, 1.165) is 14.9 Å². The third-order valence-electron chi connectivity index (χ3n) is 4.54. The molecule has 1 heterocycles. The van der Waals surface area contributed by atoms with E-state index in [9.17, 15) is 9.59 Å². The van der Waals surface area contributed by atoms with Crippen molar-refractivity contribution in [3.05, 3.63) is 98.1 Å². The van der Waals surface area contributed by atoms with Gasteiger partial charge in [-0.25, -0.2) is 9.69 Å². The largest absolute Gasteiger partial charge is 0.488 e. The minimum Gasteiger partial charge on any atom is -0.488 e. The lowest BCUT2D eigenvalue weighted by molar-refractivity contribution is -0.113. The highest BCUT2D eigenvalue weighted by Crippen LogP contribution is 2.29. The van der Waals surface area contributed by atoms with Crippen LogP contribution in [0.15, 0.2) is 76.9 Å². The number of benzene rings is 3. The van der Waals surface area contributed by atoms with Gasteiger partial charge in [0.2, 0.25) is 0 Å². The molecule has 3 amide bonds. The van der Waals surface area contributed by atoms with Crippen LogP contribution in [0.4, 0.5) is 10.5 Å². The topological polar surface area (TPSA) is 58.6 Å². The number of anilines is 1. The minimum atomic E-state index is -0.530. The number of carbonyl (C=O) groups excluding carboxylic acids is 2. The van der Waals surface area contributed by atoms with Crippen LogP contribution in [0.25, 0.3) is 6.08 Å². The van der Waals surface area contributed by atoms with E-state index in [4.69, 9.17) is 27.9 Å². The summed E-state index contributed by atoms with van der Waals surface area (Å²) < 4.78 is 6.76. The Labute approximate surface area is 197 Å². The summed E-state index contributed by atoms with van der Waals surface area (Å²) in [6, 6.07) is 18.7. The molecule has 3 aromatic rings. The zero-order chi connectivity index (χ0) is 22.0. The molecule has 0 bridgehead atoms. The van der Waals surface area contributed by atoms with Crippen LogP contribution in [0.3, 0.4) is 0 Å². The van der Waals surface area contributed by atoms with Gasteiger partial charge in [-0.15, -0.1) is 0 Å². The summed E-state index contributed by atoms with van der Waals surface area (Å²) in [6.07, 6.45) is 1.60. The lowest BCUT2D eigenvalue weighted by Crippen LogP contribution is -2.30. The molecule has 31 heavy (non-hydrogen) atoms. The minimum absolute atomic E-state index is 0.148. The smallest absolute Gasteiger partial charge is 0.333 e. The average molecular weight is 518 g/mol. The molecule has 1 fully saturated rings. The first-order valence-corrected chi connectivity index (χ1v) is 10.7. The van der Waals surface area contributed by atoms with E-state index in [1.54, 1.807) is 48.5 Å². The standard InChI is InChI=1S/C23H15BrCl2N2O3/c24-16-3-10-21(31-13-14-1-4-17(25)5-2-14)15(11-16)12-20-22(29)28(23(30)27-20)19-8-6-18(26)7-9-19/h1-12H,13H2,(H,27,30)/b20-12+. The highest BCUT2D eigenvalue weighted by atomic mass is 79.9. The van der Waals surface area contributed by atoms with Crippen molar-refractivity contribution >= 4 is 62.8 Å². The van der Waals surface area contributed by atoms with Crippen molar-refractivity contribution < 1.29 is 14.3 Å². The molecule has 0 saturated carbocycles. The number of carbonyl (C=O) groups is 2. The van der Waals surface area contributed by atoms with Crippen molar-refractivity contribution in [3.63, 3.8) is 0 Å². The van der Waals surface area contributed by atoms with E-state index in [-0.39, 0.29) is 5.70 Å². The van der Waals surface area contributed by atoms with E-state index in [0.29, 0.717) is 33.7 Å². The second-order valence-electron chi connectivity index (χ2n) is 6.70. The highest BCUT2D eigenvalue weighted by molar-refractivity contribution is 9.10. The van der Waals surface area contributed by atoms with Crippen molar-refractivity contribution in [2.75, 3.05) is 4.90 Å². The van der Waals surface area contributed by atoms with Gasteiger partial charge in [-0.05, 0) is 66.2 Å². The molecule has 0 spiro atoms. The number of urea groups is 1. The first-order chi connectivity index (χ1) is 14.9. The first-order valence-electron chi connectivity index (χ1n) is 9.20. The van der Waals surface area contributed by atoms with E-state index in [1.165, 1.54) is 0 Å². The van der Waals surface area contributed by atoms with Gasteiger partial charge in [-0.1, -0.05) is 51.3 Å². The van der Waals surface area contributed by atoms with Gasteiger partial charge in [-0.3, -0.25) is 4.79 Å². The summed E-state index contributed by atoms with van der Waals surface area (Å²) in [5.41, 5.74) is 2.17. The quantitative estimate of drug-likeness (QED) is 0.313. The Morgan fingerprint density at radius 1 is 0.935 bits per heavy atom. The third-order valence-corrected chi connectivity index (χ3v) is 5.54. The number of nitrogens with zero attached hydrogens (tertiary/aromatic N) is 1. The van der Waals surface area contributed by atoms with Crippen LogP contribution in [0.5, 0.6) is 5.75 Å². The van der Waals surface area contributed by atoms with Crippen LogP contribution in [0.1, 0.15) is 11.1 Å². The summed E-state index contributed by atoms with van der Waals surface area (Å²) in [6.45, 7) is 0.326. The van der Waals surface area contributed by atoms with Gasteiger partial charge in [0.1, 0.15) is 18.1 Å². The molecule has 4 rings (SSSR count). The monoisotopic (exact) mass is 516 g/mol. The second kappa shape index (κ2) is 9.14. The molecule has 1 N–H and O–H groups in total. The number of rotatable bonds is 5. The number of ether oxygens (including phenoxy) is 1. The molecule has 0 aromatic heterocycles. The SMILES string of the molecule is O=C1N/C(=C/c2cc(Br)ccc2OCc2ccc(Cl)cc2)C(=O)N1c1ccc(Cl)cc1. The third kappa shape index (κ3) is 4.93. The normalized spacial score (nSPS) is 14.8. The molecule has 0 unspecified atom stereocenters. The van der Waals surface area contributed by atoms with Gasteiger partial charge in [0, 0.05) is 20.1 Å². The van der Waals surface area contributed by atoms with Gasteiger partial charge < -0.3 is 10.1 Å². The van der Waals surface area contributed by atoms with E-state index in [2.05, 4.69) is 21.2 Å². The van der Waals surface area contributed by atoms with Gasteiger partial charge >= 0.3 is 6.03 Å². The summed E-state index contributed by atoms with van der Waals surface area (Å²) in [5.74, 6) is 0.105. The van der Waals surface area contributed by atoms with Crippen LogP contribution >= 0.6 is 39.1 Å². The Balaban J connectivity index is 1.59. The Bertz CT molecular complexity index is 1180. The Hall–Kier alpha value is -2.80. The zero-order valence-electron chi connectivity index (χ0n) is 15.9.